The fourth-order valence-electron chi connectivity index (χ4n) is 2.75. The first-order chi connectivity index (χ1) is 12.6. The summed E-state index contributed by atoms with van der Waals surface area (Å²) in [6, 6.07) is 14.6. The number of hydrogen-bond donors (Lipinski definition) is 2. The van der Waals surface area contributed by atoms with Gasteiger partial charge in [-0.25, -0.2) is 4.79 Å². The number of benzene rings is 2. The Labute approximate surface area is 161 Å². The van der Waals surface area contributed by atoms with Crippen LogP contribution in [0.4, 0.5) is 0 Å². The van der Waals surface area contributed by atoms with Crippen LogP contribution >= 0.6 is 23.5 Å². The lowest BCUT2D eigenvalue weighted by Crippen LogP contribution is -2.25. The van der Waals surface area contributed by atoms with Gasteiger partial charge in [0.05, 0.1) is 10.1 Å². The highest BCUT2D eigenvalue weighted by Crippen LogP contribution is 2.43. The molecule has 0 atom stereocenters. The first kappa shape index (κ1) is 18.9. The first-order valence-electron chi connectivity index (χ1n) is 8.57. The molecule has 0 unspecified atom stereocenters. The summed E-state index contributed by atoms with van der Waals surface area (Å²) in [4.78, 5) is 23.3. The van der Waals surface area contributed by atoms with E-state index in [1.165, 1.54) is 23.5 Å². The zero-order chi connectivity index (χ0) is 18.4. The van der Waals surface area contributed by atoms with Crippen LogP contribution in [0.5, 0.6) is 0 Å². The Kier molecular flexibility index (Phi) is 6.63. The highest BCUT2D eigenvalue weighted by atomic mass is 32.2. The summed E-state index contributed by atoms with van der Waals surface area (Å²) in [6.45, 7) is 0.470. The number of carboxylic acids is 1. The van der Waals surface area contributed by atoms with Crippen LogP contribution in [0.3, 0.4) is 0 Å². The third-order valence-electron chi connectivity index (χ3n) is 4.15. The van der Waals surface area contributed by atoms with Gasteiger partial charge in [0.15, 0.2) is 0 Å². The maximum Gasteiger partial charge on any atom is 0.335 e. The van der Waals surface area contributed by atoms with E-state index in [1.54, 1.807) is 18.2 Å². The minimum absolute atomic E-state index is 0.102. The molecule has 1 amide bonds. The van der Waals surface area contributed by atoms with Crippen LogP contribution in [0, 0.1) is 0 Å². The van der Waals surface area contributed by atoms with Gasteiger partial charge in [0, 0.05) is 12.1 Å². The molecule has 0 spiro atoms. The summed E-state index contributed by atoms with van der Waals surface area (Å²) in [5.74, 6) is 1.35. The standard InChI is InChI=1S/C20H21NO3S2/c22-18(21-10-9-14-3-1-4-17(13-14)19(23)24)15-5-7-16(8-6-15)20-25-11-2-12-26-20/h1,3-8,13,20H,2,9-12H2,(H,21,22)(H,23,24). The van der Waals surface area contributed by atoms with Crippen molar-refractivity contribution in [2.24, 2.45) is 0 Å². The average molecular weight is 388 g/mol. The van der Waals surface area contributed by atoms with Gasteiger partial charge in [0.25, 0.3) is 5.91 Å². The van der Waals surface area contributed by atoms with Crippen molar-refractivity contribution in [1.82, 2.24) is 5.32 Å². The SMILES string of the molecule is O=C(O)c1cccc(CCNC(=O)c2ccc(C3SCCCS3)cc2)c1. The second kappa shape index (κ2) is 9.14. The largest absolute Gasteiger partial charge is 0.478 e. The van der Waals surface area contributed by atoms with Crippen LogP contribution in [0.25, 0.3) is 0 Å². The van der Waals surface area contributed by atoms with Crippen molar-refractivity contribution in [1.29, 1.82) is 0 Å². The van der Waals surface area contributed by atoms with Crippen LogP contribution in [-0.4, -0.2) is 35.0 Å². The van der Waals surface area contributed by atoms with Crippen molar-refractivity contribution in [3.05, 3.63) is 70.8 Å². The summed E-state index contributed by atoms with van der Waals surface area (Å²) >= 11 is 3.93. The third kappa shape index (κ3) is 5.05. The van der Waals surface area contributed by atoms with E-state index in [1.807, 2.05) is 53.9 Å². The smallest absolute Gasteiger partial charge is 0.335 e. The van der Waals surface area contributed by atoms with Crippen molar-refractivity contribution < 1.29 is 14.7 Å². The maximum atomic E-state index is 12.3. The second-order valence-corrected chi connectivity index (χ2v) is 8.78. The Morgan fingerprint density at radius 1 is 1.04 bits per heavy atom. The molecule has 0 aliphatic carbocycles. The van der Waals surface area contributed by atoms with E-state index in [9.17, 15) is 9.59 Å². The normalized spacial score (nSPS) is 14.8. The quantitative estimate of drug-likeness (QED) is 0.777. The number of carbonyl (C=O) groups is 2. The fraction of sp³-hybridized carbons (Fsp3) is 0.300. The highest BCUT2D eigenvalue weighted by molar-refractivity contribution is 8.16. The van der Waals surface area contributed by atoms with E-state index in [-0.39, 0.29) is 11.5 Å². The Morgan fingerprint density at radius 2 is 1.77 bits per heavy atom. The minimum Gasteiger partial charge on any atom is -0.478 e. The lowest BCUT2D eigenvalue weighted by Gasteiger charge is -2.21. The number of amides is 1. The molecule has 2 N–H and O–H groups in total. The molecule has 4 nitrogen and oxygen atoms in total. The molecule has 3 rings (SSSR count). The highest BCUT2D eigenvalue weighted by Gasteiger charge is 2.16. The van der Waals surface area contributed by atoms with Gasteiger partial charge in [0.1, 0.15) is 0 Å². The van der Waals surface area contributed by atoms with E-state index >= 15 is 0 Å². The Morgan fingerprint density at radius 3 is 2.46 bits per heavy atom. The van der Waals surface area contributed by atoms with Gasteiger partial charge in [-0.3, -0.25) is 4.79 Å². The lowest BCUT2D eigenvalue weighted by molar-refractivity contribution is 0.0696. The molecule has 6 heteroatoms. The van der Waals surface area contributed by atoms with E-state index in [4.69, 9.17) is 5.11 Å². The molecule has 1 aliphatic heterocycles. The predicted molar refractivity (Wildman–Crippen MR) is 108 cm³/mol. The first-order valence-corrected chi connectivity index (χ1v) is 10.7. The zero-order valence-electron chi connectivity index (χ0n) is 14.3. The minimum atomic E-state index is -0.940. The zero-order valence-corrected chi connectivity index (χ0v) is 15.9. The molecule has 0 aromatic heterocycles. The lowest BCUT2D eigenvalue weighted by atomic mass is 10.1. The van der Waals surface area contributed by atoms with Crippen LogP contribution in [0.1, 0.15) is 42.8 Å². The van der Waals surface area contributed by atoms with Gasteiger partial charge in [-0.15, -0.1) is 23.5 Å². The Hall–Kier alpha value is -1.92. The molecule has 2 aromatic carbocycles. The van der Waals surface area contributed by atoms with Gasteiger partial charge in [-0.05, 0) is 59.7 Å². The van der Waals surface area contributed by atoms with E-state index in [0.29, 0.717) is 23.1 Å². The van der Waals surface area contributed by atoms with E-state index in [0.717, 1.165) is 5.56 Å². The second-order valence-electron chi connectivity index (χ2n) is 6.06. The summed E-state index contributed by atoms with van der Waals surface area (Å²) in [5.41, 5.74) is 3.08. The molecule has 136 valence electrons. The van der Waals surface area contributed by atoms with Crippen LogP contribution in [0.15, 0.2) is 48.5 Å². The van der Waals surface area contributed by atoms with Gasteiger partial charge < -0.3 is 10.4 Å². The molecule has 2 aromatic rings. The van der Waals surface area contributed by atoms with Gasteiger partial charge in [0.2, 0.25) is 0 Å². The summed E-state index contributed by atoms with van der Waals surface area (Å²) in [6.07, 6.45) is 1.86. The van der Waals surface area contributed by atoms with Crippen LogP contribution < -0.4 is 5.32 Å². The van der Waals surface area contributed by atoms with Crippen LogP contribution in [-0.2, 0) is 6.42 Å². The number of nitrogens with one attached hydrogen (secondary N) is 1. The predicted octanol–water partition coefficient (Wildman–Crippen LogP) is 4.23. The number of thioether (sulfide) groups is 2. The number of rotatable bonds is 6. The van der Waals surface area contributed by atoms with E-state index < -0.39 is 5.97 Å². The van der Waals surface area contributed by atoms with Crippen molar-refractivity contribution in [2.45, 2.75) is 17.4 Å². The molecule has 26 heavy (non-hydrogen) atoms. The van der Waals surface area contributed by atoms with Gasteiger partial charge in [-0.2, -0.15) is 0 Å². The molecular formula is C20H21NO3S2. The summed E-state index contributed by atoms with van der Waals surface area (Å²) in [5, 5.41) is 11.9. The molecule has 1 aliphatic rings. The number of aromatic carboxylic acids is 1. The number of carboxylic acid groups (broad SMARTS) is 1. The van der Waals surface area contributed by atoms with Crippen molar-refractivity contribution in [3.8, 4) is 0 Å². The van der Waals surface area contributed by atoms with Crippen molar-refractivity contribution >= 4 is 35.4 Å². The van der Waals surface area contributed by atoms with Crippen LogP contribution in [0.2, 0.25) is 0 Å². The molecule has 1 saturated heterocycles. The molecule has 0 bridgehead atoms. The topological polar surface area (TPSA) is 66.4 Å². The van der Waals surface area contributed by atoms with Gasteiger partial charge >= 0.3 is 5.97 Å². The maximum absolute atomic E-state index is 12.3. The van der Waals surface area contributed by atoms with E-state index in [2.05, 4.69) is 5.32 Å². The Bertz CT molecular complexity index is 771. The van der Waals surface area contributed by atoms with Crippen molar-refractivity contribution in [3.63, 3.8) is 0 Å². The molecule has 0 radical (unpaired) electrons. The monoisotopic (exact) mass is 387 g/mol. The van der Waals surface area contributed by atoms with Gasteiger partial charge in [-0.1, -0.05) is 24.3 Å². The van der Waals surface area contributed by atoms with Crippen molar-refractivity contribution in [2.75, 3.05) is 18.1 Å². The molecule has 0 saturated carbocycles. The molecule has 1 fully saturated rings. The Balaban J connectivity index is 1.51. The fourth-order valence-corrected chi connectivity index (χ4v) is 5.65. The molecule has 1 heterocycles. The average Bonchev–Trinajstić information content (AvgIpc) is 2.69. The number of hydrogen-bond acceptors (Lipinski definition) is 4. The third-order valence-corrected chi connectivity index (χ3v) is 7.16. The summed E-state index contributed by atoms with van der Waals surface area (Å²) < 4.78 is 0.474. The summed E-state index contributed by atoms with van der Waals surface area (Å²) in [7, 11) is 0. The number of carbonyl (C=O) groups excluding carboxylic acids is 1. The molecular weight excluding hydrogens is 366 g/mol.